The molecule has 0 aliphatic carbocycles. The van der Waals surface area contributed by atoms with E-state index in [0.29, 0.717) is 16.7 Å². The lowest BCUT2D eigenvalue weighted by molar-refractivity contribution is -0.147. The van der Waals surface area contributed by atoms with Crippen LogP contribution < -0.4 is 5.32 Å². The number of benzene rings is 2. The Morgan fingerprint density at radius 1 is 1.00 bits per heavy atom. The number of aromatic nitrogens is 4. The van der Waals surface area contributed by atoms with Crippen molar-refractivity contribution < 1.29 is 18.0 Å². The van der Waals surface area contributed by atoms with Crippen LogP contribution in [-0.4, -0.2) is 25.4 Å². The Hall–Kier alpha value is -3.49. The number of fused-ring (bicyclic) bond motifs is 2. The normalized spacial score (nSPS) is 11.8. The molecule has 0 atom stereocenters. The van der Waals surface area contributed by atoms with Crippen molar-refractivity contribution in [1.82, 2.24) is 19.5 Å². The van der Waals surface area contributed by atoms with E-state index in [9.17, 15) is 18.0 Å². The van der Waals surface area contributed by atoms with E-state index in [0.717, 1.165) is 4.57 Å². The van der Waals surface area contributed by atoms with Crippen LogP contribution in [0.1, 0.15) is 5.82 Å². The molecule has 6 nitrogen and oxygen atoms in total. The number of rotatable bonds is 3. The summed E-state index contributed by atoms with van der Waals surface area (Å²) in [6.45, 7) is -0.520. The predicted octanol–water partition coefficient (Wildman–Crippen LogP) is 3.64. The van der Waals surface area contributed by atoms with Crippen molar-refractivity contribution in [1.29, 1.82) is 0 Å². The topological polar surface area (TPSA) is 72.7 Å². The largest absolute Gasteiger partial charge is 0.449 e. The summed E-state index contributed by atoms with van der Waals surface area (Å²) < 4.78 is 40.8. The highest BCUT2D eigenvalue weighted by atomic mass is 19.4. The number of halogens is 3. The molecule has 0 saturated heterocycles. The van der Waals surface area contributed by atoms with Crippen LogP contribution in [0.2, 0.25) is 0 Å². The molecule has 1 N–H and O–H groups in total. The number of carbonyl (C=O) groups excluding carboxylic acids is 1. The number of anilines is 1. The highest BCUT2D eigenvalue weighted by Gasteiger charge is 2.38. The molecule has 2 aromatic carbocycles. The number of hydrogen-bond acceptors (Lipinski definition) is 4. The van der Waals surface area contributed by atoms with Gasteiger partial charge in [0.05, 0.1) is 22.1 Å². The van der Waals surface area contributed by atoms with Crippen molar-refractivity contribution in [3.8, 4) is 0 Å². The monoisotopic (exact) mass is 371 g/mol. The SMILES string of the molecule is O=C(Cn1c(C(F)(F)F)nc2ccccc21)Nc1ccc2nccnc2c1. The molecule has 0 bridgehead atoms. The van der Waals surface area contributed by atoms with Gasteiger partial charge in [0, 0.05) is 18.1 Å². The molecular weight excluding hydrogens is 359 g/mol. The molecule has 0 aliphatic heterocycles. The summed E-state index contributed by atoms with van der Waals surface area (Å²) in [6, 6.07) is 11.1. The average Bonchev–Trinajstić information content (AvgIpc) is 3.00. The molecule has 2 aromatic heterocycles. The van der Waals surface area contributed by atoms with E-state index in [-0.39, 0.29) is 11.0 Å². The van der Waals surface area contributed by atoms with E-state index in [1.807, 2.05) is 0 Å². The molecule has 0 aliphatic rings. The second-order valence-electron chi connectivity index (χ2n) is 5.82. The minimum absolute atomic E-state index is 0.179. The van der Waals surface area contributed by atoms with Crippen LogP contribution in [0.5, 0.6) is 0 Å². The van der Waals surface area contributed by atoms with E-state index in [2.05, 4.69) is 20.3 Å². The van der Waals surface area contributed by atoms with Crippen molar-refractivity contribution in [2.45, 2.75) is 12.7 Å². The number of nitrogens with one attached hydrogen (secondary N) is 1. The molecule has 1 amide bonds. The number of imidazole rings is 1. The Morgan fingerprint density at radius 2 is 1.74 bits per heavy atom. The molecule has 4 rings (SSSR count). The van der Waals surface area contributed by atoms with Crippen molar-refractivity contribution >= 4 is 33.7 Å². The molecule has 0 fully saturated rings. The zero-order valence-corrected chi connectivity index (χ0v) is 13.7. The van der Waals surface area contributed by atoms with E-state index in [1.165, 1.54) is 18.3 Å². The van der Waals surface area contributed by atoms with E-state index >= 15 is 0 Å². The summed E-state index contributed by atoms with van der Waals surface area (Å²) in [4.78, 5) is 24.3. The van der Waals surface area contributed by atoms with Crippen LogP contribution in [0.15, 0.2) is 54.9 Å². The van der Waals surface area contributed by atoms with Gasteiger partial charge in [0.1, 0.15) is 6.54 Å². The quantitative estimate of drug-likeness (QED) is 0.597. The minimum atomic E-state index is -4.67. The Labute approximate surface area is 150 Å². The van der Waals surface area contributed by atoms with Gasteiger partial charge in [-0.15, -0.1) is 0 Å². The molecule has 0 saturated carbocycles. The number of para-hydroxylation sites is 2. The van der Waals surface area contributed by atoms with Crippen molar-refractivity contribution in [2.75, 3.05) is 5.32 Å². The van der Waals surface area contributed by atoms with Gasteiger partial charge in [-0.3, -0.25) is 14.8 Å². The van der Waals surface area contributed by atoms with Crippen LogP contribution in [0.3, 0.4) is 0 Å². The molecule has 4 aromatic rings. The first-order valence-corrected chi connectivity index (χ1v) is 7.95. The fourth-order valence-electron chi connectivity index (χ4n) is 2.84. The van der Waals surface area contributed by atoms with Crippen molar-refractivity contribution in [2.24, 2.45) is 0 Å². The third kappa shape index (κ3) is 3.31. The predicted molar refractivity (Wildman–Crippen MR) is 92.9 cm³/mol. The fourth-order valence-corrected chi connectivity index (χ4v) is 2.84. The van der Waals surface area contributed by atoms with Crippen molar-refractivity contribution in [3.63, 3.8) is 0 Å². The summed E-state index contributed by atoms with van der Waals surface area (Å²) in [6.07, 6.45) is -1.61. The Bertz CT molecular complexity index is 1150. The fraction of sp³-hybridized carbons (Fsp3) is 0.111. The summed E-state index contributed by atoms with van der Waals surface area (Å²) in [7, 11) is 0. The molecule has 0 radical (unpaired) electrons. The number of nitrogens with zero attached hydrogens (tertiary/aromatic N) is 4. The van der Waals surface area contributed by atoms with Gasteiger partial charge in [-0.2, -0.15) is 13.2 Å². The van der Waals surface area contributed by atoms with Gasteiger partial charge in [0.25, 0.3) is 0 Å². The Balaban J connectivity index is 1.64. The Kier molecular flexibility index (Phi) is 3.98. The van der Waals surface area contributed by atoms with Crippen LogP contribution in [0, 0.1) is 0 Å². The molecule has 0 spiro atoms. The second-order valence-corrected chi connectivity index (χ2v) is 5.82. The van der Waals surface area contributed by atoms with E-state index in [1.54, 1.807) is 36.5 Å². The summed E-state index contributed by atoms with van der Waals surface area (Å²) >= 11 is 0. The lowest BCUT2D eigenvalue weighted by atomic mass is 10.2. The van der Waals surface area contributed by atoms with Gasteiger partial charge in [-0.05, 0) is 30.3 Å². The maximum atomic E-state index is 13.3. The maximum absolute atomic E-state index is 13.3. The average molecular weight is 371 g/mol. The van der Waals surface area contributed by atoms with E-state index in [4.69, 9.17) is 0 Å². The third-order valence-corrected chi connectivity index (χ3v) is 3.96. The van der Waals surface area contributed by atoms with Gasteiger partial charge < -0.3 is 9.88 Å². The standard InChI is InChI=1S/C18H12F3N5O/c19-18(20,21)17-25-13-3-1-2-4-15(13)26(17)10-16(27)24-11-5-6-12-14(9-11)23-8-7-22-12/h1-9H,10H2,(H,24,27). The minimum Gasteiger partial charge on any atom is -0.324 e. The first-order chi connectivity index (χ1) is 12.9. The van der Waals surface area contributed by atoms with Gasteiger partial charge in [-0.25, -0.2) is 4.98 Å². The smallest absolute Gasteiger partial charge is 0.324 e. The highest BCUT2D eigenvalue weighted by Crippen LogP contribution is 2.31. The molecular formula is C18H12F3N5O. The van der Waals surface area contributed by atoms with Gasteiger partial charge in [0.15, 0.2) is 0 Å². The number of alkyl halides is 3. The third-order valence-electron chi connectivity index (χ3n) is 3.96. The summed E-state index contributed by atoms with van der Waals surface area (Å²) in [5, 5.41) is 2.59. The highest BCUT2D eigenvalue weighted by molar-refractivity contribution is 5.93. The zero-order chi connectivity index (χ0) is 19.0. The molecule has 136 valence electrons. The first kappa shape index (κ1) is 17.0. The number of carbonyl (C=O) groups is 1. The maximum Gasteiger partial charge on any atom is 0.449 e. The van der Waals surface area contributed by atoms with Crippen LogP contribution in [0.25, 0.3) is 22.1 Å². The summed E-state index contributed by atoms with van der Waals surface area (Å²) in [5.41, 5.74) is 2.06. The number of amides is 1. The lowest BCUT2D eigenvalue weighted by Crippen LogP contribution is -2.23. The van der Waals surface area contributed by atoms with Crippen molar-refractivity contribution in [3.05, 3.63) is 60.7 Å². The zero-order valence-electron chi connectivity index (χ0n) is 13.7. The van der Waals surface area contributed by atoms with Gasteiger partial charge >= 0.3 is 6.18 Å². The molecule has 2 heterocycles. The lowest BCUT2D eigenvalue weighted by Gasteiger charge is -2.12. The summed E-state index contributed by atoms with van der Waals surface area (Å²) in [5.74, 6) is -1.71. The first-order valence-electron chi connectivity index (χ1n) is 7.95. The Morgan fingerprint density at radius 3 is 2.52 bits per heavy atom. The van der Waals surface area contributed by atoms with Crippen LogP contribution >= 0.6 is 0 Å². The number of hydrogen-bond donors (Lipinski definition) is 1. The van der Waals surface area contributed by atoms with Crippen LogP contribution in [-0.2, 0) is 17.5 Å². The molecule has 27 heavy (non-hydrogen) atoms. The molecule has 0 unspecified atom stereocenters. The molecule has 9 heteroatoms. The second kappa shape index (κ2) is 6.35. The van der Waals surface area contributed by atoms with Gasteiger partial charge in [0.2, 0.25) is 11.7 Å². The van der Waals surface area contributed by atoms with Gasteiger partial charge in [-0.1, -0.05) is 12.1 Å². The van der Waals surface area contributed by atoms with E-state index < -0.39 is 24.5 Å². The van der Waals surface area contributed by atoms with Crippen LogP contribution in [0.4, 0.5) is 18.9 Å².